The van der Waals surface area contributed by atoms with Crippen molar-refractivity contribution in [3.05, 3.63) is 0 Å². The molecule has 0 radical (unpaired) electrons. The molecule has 0 N–H and O–H groups in total. The predicted octanol–water partition coefficient (Wildman–Crippen LogP) is 4.79. The van der Waals surface area contributed by atoms with E-state index in [4.69, 9.17) is 9.47 Å². The second-order valence-electron chi connectivity index (χ2n) is 5.82. The largest absolute Gasteiger partial charge is 0.466 e. The Morgan fingerprint density at radius 3 is 2.00 bits per heavy atom. The summed E-state index contributed by atoms with van der Waals surface area (Å²) in [6.07, 6.45) is 11.1. The Balaban J connectivity index is 0.000000409. The monoisotopic (exact) mass is 314 g/mol. The predicted molar refractivity (Wildman–Crippen MR) is 88.6 cm³/mol. The van der Waals surface area contributed by atoms with Crippen LogP contribution in [0.25, 0.3) is 0 Å². The molecule has 130 valence electrons. The van der Waals surface area contributed by atoms with Gasteiger partial charge >= 0.3 is 11.9 Å². The van der Waals surface area contributed by atoms with Crippen LogP contribution in [0.5, 0.6) is 0 Å². The Labute approximate surface area is 135 Å². The van der Waals surface area contributed by atoms with Gasteiger partial charge in [-0.05, 0) is 44.9 Å². The van der Waals surface area contributed by atoms with E-state index in [2.05, 4.69) is 6.92 Å². The van der Waals surface area contributed by atoms with Gasteiger partial charge in [-0.2, -0.15) is 0 Å². The van der Waals surface area contributed by atoms with Crippen LogP contribution in [-0.4, -0.2) is 24.6 Å². The highest BCUT2D eigenvalue weighted by Crippen LogP contribution is 2.20. The minimum absolute atomic E-state index is 0.00981. The van der Waals surface area contributed by atoms with Crippen molar-refractivity contribution in [1.29, 1.82) is 0 Å². The van der Waals surface area contributed by atoms with Crippen molar-refractivity contribution in [2.24, 2.45) is 0 Å². The highest BCUT2D eigenvalue weighted by atomic mass is 16.5. The molecule has 22 heavy (non-hydrogen) atoms. The number of hydrogen-bond donors (Lipinski definition) is 0. The first kappa shape index (κ1) is 20.9. The third-order valence-electron chi connectivity index (χ3n) is 3.52. The summed E-state index contributed by atoms with van der Waals surface area (Å²) in [5.74, 6) is -0.0691. The van der Waals surface area contributed by atoms with Crippen molar-refractivity contribution >= 4 is 11.9 Å². The van der Waals surface area contributed by atoms with E-state index in [1.54, 1.807) is 0 Å². The molecule has 0 unspecified atom stereocenters. The van der Waals surface area contributed by atoms with Crippen molar-refractivity contribution < 1.29 is 19.1 Å². The van der Waals surface area contributed by atoms with E-state index in [0.717, 1.165) is 38.5 Å². The summed E-state index contributed by atoms with van der Waals surface area (Å²) in [4.78, 5) is 21.8. The van der Waals surface area contributed by atoms with Gasteiger partial charge < -0.3 is 9.47 Å². The van der Waals surface area contributed by atoms with Crippen LogP contribution in [0.1, 0.15) is 91.4 Å². The van der Waals surface area contributed by atoms with Gasteiger partial charge in [-0.1, -0.05) is 33.6 Å². The normalized spacial score (nSPS) is 14.7. The van der Waals surface area contributed by atoms with Gasteiger partial charge in [0, 0.05) is 12.8 Å². The molecular formula is C18H34O4. The zero-order valence-corrected chi connectivity index (χ0v) is 14.7. The van der Waals surface area contributed by atoms with Crippen LogP contribution in [0.2, 0.25) is 0 Å². The van der Waals surface area contributed by atoms with E-state index >= 15 is 0 Å². The molecular weight excluding hydrogens is 280 g/mol. The fraction of sp³-hybridized carbons (Fsp3) is 0.889. The highest BCUT2D eigenvalue weighted by molar-refractivity contribution is 5.69. The number of carbonyl (C=O) groups excluding carboxylic acids is 2. The molecule has 0 aliphatic heterocycles. The Kier molecular flexibility index (Phi) is 14.1. The fourth-order valence-corrected chi connectivity index (χ4v) is 2.24. The lowest BCUT2D eigenvalue weighted by atomic mass is 9.98. The topological polar surface area (TPSA) is 52.6 Å². The maximum atomic E-state index is 11.1. The molecule has 1 aliphatic carbocycles. The summed E-state index contributed by atoms with van der Waals surface area (Å²) in [6.45, 7) is 6.65. The molecule has 0 saturated heterocycles. The Bertz CT molecular complexity index is 283. The van der Waals surface area contributed by atoms with Crippen LogP contribution in [0, 0.1) is 0 Å². The summed E-state index contributed by atoms with van der Waals surface area (Å²) in [5.41, 5.74) is 0. The molecule has 0 aromatic carbocycles. The zero-order valence-electron chi connectivity index (χ0n) is 14.7. The minimum Gasteiger partial charge on any atom is -0.466 e. The molecule has 0 bridgehead atoms. The lowest BCUT2D eigenvalue weighted by molar-refractivity contribution is -0.150. The van der Waals surface area contributed by atoms with Crippen LogP contribution in [-0.2, 0) is 19.1 Å². The SMILES string of the molecule is CCCC(=O)OC1CCCCC1.CCCCOC(=O)CCC. The summed E-state index contributed by atoms with van der Waals surface area (Å²) in [6, 6.07) is 0. The van der Waals surface area contributed by atoms with Crippen LogP contribution < -0.4 is 0 Å². The van der Waals surface area contributed by atoms with Crippen LogP contribution in [0.15, 0.2) is 0 Å². The Morgan fingerprint density at radius 2 is 1.45 bits per heavy atom. The first-order valence-electron chi connectivity index (χ1n) is 8.99. The Morgan fingerprint density at radius 1 is 0.864 bits per heavy atom. The fourth-order valence-electron chi connectivity index (χ4n) is 2.24. The summed E-state index contributed by atoms with van der Waals surface area (Å²) >= 11 is 0. The molecule has 1 fully saturated rings. The van der Waals surface area contributed by atoms with E-state index in [0.29, 0.717) is 19.4 Å². The molecule has 1 aliphatic rings. The summed E-state index contributed by atoms with van der Waals surface area (Å²) < 4.78 is 10.2. The first-order valence-corrected chi connectivity index (χ1v) is 8.99. The van der Waals surface area contributed by atoms with Gasteiger partial charge in [0.15, 0.2) is 0 Å². The molecule has 1 saturated carbocycles. The highest BCUT2D eigenvalue weighted by Gasteiger charge is 2.16. The molecule has 0 atom stereocenters. The van der Waals surface area contributed by atoms with E-state index < -0.39 is 0 Å². The molecule has 0 spiro atoms. The van der Waals surface area contributed by atoms with E-state index in [1.165, 1.54) is 19.3 Å². The molecule has 0 amide bonds. The van der Waals surface area contributed by atoms with Gasteiger partial charge in [-0.25, -0.2) is 0 Å². The molecule has 4 heteroatoms. The smallest absolute Gasteiger partial charge is 0.306 e. The lowest BCUT2D eigenvalue weighted by Gasteiger charge is -2.21. The Hall–Kier alpha value is -1.06. The summed E-state index contributed by atoms with van der Waals surface area (Å²) in [7, 11) is 0. The van der Waals surface area contributed by atoms with Gasteiger partial charge in [0.2, 0.25) is 0 Å². The van der Waals surface area contributed by atoms with Crippen LogP contribution >= 0.6 is 0 Å². The maximum Gasteiger partial charge on any atom is 0.306 e. The van der Waals surface area contributed by atoms with Gasteiger partial charge in [-0.3, -0.25) is 9.59 Å². The van der Waals surface area contributed by atoms with Crippen molar-refractivity contribution in [2.75, 3.05) is 6.61 Å². The lowest BCUT2D eigenvalue weighted by Crippen LogP contribution is -2.20. The van der Waals surface area contributed by atoms with Crippen molar-refractivity contribution in [1.82, 2.24) is 0 Å². The average Bonchev–Trinajstić information content (AvgIpc) is 2.50. The zero-order chi connectivity index (χ0) is 16.6. The number of esters is 2. The molecule has 0 aromatic heterocycles. The first-order chi connectivity index (χ1) is 10.6. The second kappa shape index (κ2) is 14.9. The molecule has 0 heterocycles. The quantitative estimate of drug-likeness (QED) is 0.477. The third kappa shape index (κ3) is 12.7. The average molecular weight is 314 g/mol. The van der Waals surface area contributed by atoms with Gasteiger partial charge in [0.1, 0.15) is 6.10 Å². The number of hydrogen-bond acceptors (Lipinski definition) is 4. The van der Waals surface area contributed by atoms with E-state index in [1.807, 2.05) is 13.8 Å². The summed E-state index contributed by atoms with van der Waals surface area (Å²) in [5, 5.41) is 0. The van der Waals surface area contributed by atoms with E-state index in [9.17, 15) is 9.59 Å². The second-order valence-corrected chi connectivity index (χ2v) is 5.82. The number of carbonyl (C=O) groups is 2. The maximum absolute atomic E-state index is 11.1. The van der Waals surface area contributed by atoms with Crippen molar-refractivity contribution in [3.63, 3.8) is 0 Å². The van der Waals surface area contributed by atoms with E-state index in [-0.39, 0.29) is 18.0 Å². The molecule has 0 aromatic rings. The van der Waals surface area contributed by atoms with Gasteiger partial charge in [0.25, 0.3) is 0 Å². The van der Waals surface area contributed by atoms with Crippen LogP contribution in [0.4, 0.5) is 0 Å². The minimum atomic E-state index is -0.0593. The number of ether oxygens (including phenoxy) is 2. The number of unbranched alkanes of at least 4 members (excludes halogenated alkanes) is 1. The third-order valence-corrected chi connectivity index (χ3v) is 3.52. The van der Waals surface area contributed by atoms with Crippen molar-refractivity contribution in [3.8, 4) is 0 Å². The van der Waals surface area contributed by atoms with Gasteiger partial charge in [0.05, 0.1) is 6.61 Å². The standard InChI is InChI=1S/C10H18O2.C8H16O2/c1-2-6-10(11)12-9-7-4-3-5-8-9;1-3-5-7-10-8(9)6-4-2/h9H,2-8H2,1H3;3-7H2,1-2H3. The number of rotatable bonds is 8. The van der Waals surface area contributed by atoms with Gasteiger partial charge in [-0.15, -0.1) is 0 Å². The van der Waals surface area contributed by atoms with Crippen molar-refractivity contribution in [2.45, 2.75) is 97.5 Å². The van der Waals surface area contributed by atoms with Crippen LogP contribution in [0.3, 0.4) is 0 Å². The molecule has 4 nitrogen and oxygen atoms in total. The molecule has 1 rings (SSSR count).